The van der Waals surface area contributed by atoms with Crippen LogP contribution in [0.2, 0.25) is 5.02 Å². The van der Waals surface area contributed by atoms with Gasteiger partial charge in [-0.05, 0) is 33.6 Å². The Bertz CT molecular complexity index is 576. The van der Waals surface area contributed by atoms with Crippen molar-refractivity contribution in [3.63, 3.8) is 0 Å². The fraction of sp³-hybridized carbons (Fsp3) is 0.533. The molecule has 2 aromatic heterocycles. The van der Waals surface area contributed by atoms with Gasteiger partial charge in [-0.1, -0.05) is 18.5 Å². The molecule has 0 aliphatic heterocycles. The van der Waals surface area contributed by atoms with Crippen LogP contribution in [0.4, 0.5) is 0 Å². The average Bonchev–Trinajstić information content (AvgIpc) is 3.00. The van der Waals surface area contributed by atoms with Gasteiger partial charge in [-0.15, -0.1) is 0 Å². The van der Waals surface area contributed by atoms with Crippen molar-refractivity contribution in [2.24, 2.45) is 0 Å². The van der Waals surface area contributed by atoms with Crippen LogP contribution in [0, 0.1) is 6.92 Å². The first kappa shape index (κ1) is 16.1. The van der Waals surface area contributed by atoms with E-state index in [9.17, 15) is 0 Å². The maximum atomic E-state index is 6.39. The fourth-order valence-electron chi connectivity index (χ4n) is 2.38. The van der Waals surface area contributed by atoms with Crippen LogP contribution in [0.3, 0.4) is 0 Å². The van der Waals surface area contributed by atoms with Gasteiger partial charge in [0.2, 0.25) is 0 Å². The third-order valence-corrected chi connectivity index (χ3v) is 3.78. The summed E-state index contributed by atoms with van der Waals surface area (Å²) in [5.41, 5.74) is 2.09. The van der Waals surface area contributed by atoms with Gasteiger partial charge in [0.1, 0.15) is 5.76 Å². The molecule has 0 radical (unpaired) electrons. The summed E-state index contributed by atoms with van der Waals surface area (Å²) >= 11 is 6.39. The van der Waals surface area contributed by atoms with E-state index in [4.69, 9.17) is 16.0 Å². The topological polar surface area (TPSA) is 46.2 Å². The third-order valence-electron chi connectivity index (χ3n) is 3.48. The smallest absolute Gasteiger partial charge is 0.105 e. The molecule has 0 amide bonds. The summed E-state index contributed by atoms with van der Waals surface area (Å²) in [6.45, 7) is 6.59. The average molecular weight is 311 g/mol. The van der Waals surface area contributed by atoms with E-state index >= 15 is 0 Å². The summed E-state index contributed by atoms with van der Waals surface area (Å²) in [5.74, 6) is 0.900. The summed E-state index contributed by atoms with van der Waals surface area (Å²) in [6.07, 6.45) is 3.43. The first-order valence-electron chi connectivity index (χ1n) is 7.17. The van der Waals surface area contributed by atoms with Crippen molar-refractivity contribution in [2.45, 2.75) is 26.4 Å². The number of furan rings is 1. The minimum Gasteiger partial charge on any atom is -0.469 e. The Morgan fingerprint density at radius 2 is 2.24 bits per heavy atom. The Balaban J connectivity index is 2.36. The highest BCUT2D eigenvalue weighted by molar-refractivity contribution is 6.31. The molecule has 2 heterocycles. The zero-order valence-corrected chi connectivity index (χ0v) is 13.8. The van der Waals surface area contributed by atoms with E-state index in [1.54, 1.807) is 12.5 Å². The molecule has 0 spiro atoms. The van der Waals surface area contributed by atoms with E-state index in [0.29, 0.717) is 5.02 Å². The molecule has 0 fully saturated rings. The number of rotatable bonds is 7. The number of aromatic nitrogens is 2. The molecule has 2 rings (SSSR count). The van der Waals surface area contributed by atoms with Crippen LogP contribution in [-0.4, -0.2) is 41.9 Å². The van der Waals surface area contributed by atoms with E-state index in [2.05, 4.69) is 22.2 Å². The van der Waals surface area contributed by atoms with Crippen molar-refractivity contribution in [1.29, 1.82) is 0 Å². The number of likely N-dealkylation sites (N-methyl/N-ethyl adjacent to an activating group) is 1. The van der Waals surface area contributed by atoms with Gasteiger partial charge in [-0.2, -0.15) is 5.10 Å². The first-order valence-corrected chi connectivity index (χ1v) is 7.55. The van der Waals surface area contributed by atoms with Crippen molar-refractivity contribution >= 4 is 11.6 Å². The molecule has 21 heavy (non-hydrogen) atoms. The van der Waals surface area contributed by atoms with Crippen LogP contribution >= 0.6 is 11.6 Å². The molecule has 5 nitrogen and oxygen atoms in total. The van der Waals surface area contributed by atoms with E-state index < -0.39 is 0 Å². The number of halogens is 1. The highest BCUT2D eigenvalue weighted by Crippen LogP contribution is 2.30. The van der Waals surface area contributed by atoms with Gasteiger partial charge in [0.15, 0.2) is 0 Å². The molecular weight excluding hydrogens is 288 g/mol. The highest BCUT2D eigenvalue weighted by atomic mass is 35.5. The van der Waals surface area contributed by atoms with Gasteiger partial charge in [0, 0.05) is 12.1 Å². The van der Waals surface area contributed by atoms with Gasteiger partial charge in [-0.3, -0.25) is 4.68 Å². The molecule has 0 bridgehead atoms. The van der Waals surface area contributed by atoms with Crippen molar-refractivity contribution < 1.29 is 4.42 Å². The molecule has 1 atom stereocenters. The monoisotopic (exact) mass is 310 g/mol. The Kier molecular flexibility index (Phi) is 5.45. The summed E-state index contributed by atoms with van der Waals surface area (Å²) in [6, 6.07) is 1.98. The molecule has 0 aliphatic rings. The number of aryl methyl sites for hydroxylation is 1. The van der Waals surface area contributed by atoms with Gasteiger partial charge >= 0.3 is 0 Å². The molecule has 0 aliphatic carbocycles. The lowest BCUT2D eigenvalue weighted by atomic mass is 10.0. The van der Waals surface area contributed by atoms with Crippen LogP contribution in [0.5, 0.6) is 0 Å². The largest absolute Gasteiger partial charge is 0.469 e. The molecule has 1 unspecified atom stereocenters. The summed E-state index contributed by atoms with van der Waals surface area (Å²) in [5, 5.41) is 8.58. The predicted molar refractivity (Wildman–Crippen MR) is 84.8 cm³/mol. The zero-order valence-electron chi connectivity index (χ0n) is 13.1. The van der Waals surface area contributed by atoms with Crippen molar-refractivity contribution in [3.05, 3.63) is 40.6 Å². The van der Waals surface area contributed by atoms with E-state index in [0.717, 1.165) is 36.7 Å². The molecule has 0 aromatic carbocycles. The molecule has 116 valence electrons. The lowest BCUT2D eigenvalue weighted by Crippen LogP contribution is -2.27. The van der Waals surface area contributed by atoms with Crippen molar-refractivity contribution in [3.8, 4) is 0 Å². The number of nitrogens with zero attached hydrogens (tertiary/aromatic N) is 3. The minimum absolute atomic E-state index is 0.00841. The molecule has 2 aromatic rings. The SMILES string of the molecule is CCNC(c1ccoc1C)c1c(Cl)cnn1CCN(C)C. The number of nitrogens with one attached hydrogen (secondary N) is 1. The van der Waals surface area contributed by atoms with Crippen molar-refractivity contribution in [2.75, 3.05) is 27.2 Å². The summed E-state index contributed by atoms with van der Waals surface area (Å²) < 4.78 is 7.42. The summed E-state index contributed by atoms with van der Waals surface area (Å²) in [7, 11) is 4.10. The Morgan fingerprint density at radius 1 is 1.48 bits per heavy atom. The van der Waals surface area contributed by atoms with Crippen molar-refractivity contribution in [1.82, 2.24) is 20.0 Å². The Hall–Kier alpha value is -1.30. The molecule has 0 saturated heterocycles. The van der Waals surface area contributed by atoms with Gasteiger partial charge in [0.25, 0.3) is 0 Å². The zero-order chi connectivity index (χ0) is 15.4. The van der Waals surface area contributed by atoms with Gasteiger partial charge < -0.3 is 14.6 Å². The second-order valence-corrected chi connectivity index (χ2v) is 5.73. The highest BCUT2D eigenvalue weighted by Gasteiger charge is 2.24. The standard InChI is InChI=1S/C15H23ClN4O/c1-5-17-14(12-6-9-21-11(12)2)15-13(16)10-18-20(15)8-7-19(3)4/h6,9-10,14,17H,5,7-8H2,1-4H3. The second kappa shape index (κ2) is 7.11. The van der Waals surface area contributed by atoms with E-state index in [-0.39, 0.29) is 6.04 Å². The molecular formula is C15H23ClN4O. The number of hydrogen-bond donors (Lipinski definition) is 1. The quantitative estimate of drug-likeness (QED) is 0.854. The van der Waals surface area contributed by atoms with Crippen LogP contribution in [-0.2, 0) is 6.54 Å². The maximum absolute atomic E-state index is 6.39. The molecule has 1 N–H and O–H groups in total. The van der Waals surface area contributed by atoms with Crippen LogP contribution in [0.25, 0.3) is 0 Å². The normalized spacial score (nSPS) is 13.0. The minimum atomic E-state index is -0.00841. The summed E-state index contributed by atoms with van der Waals surface area (Å²) in [4.78, 5) is 2.13. The van der Waals surface area contributed by atoms with Gasteiger partial charge in [0.05, 0.1) is 35.8 Å². The van der Waals surface area contributed by atoms with Crippen LogP contribution in [0.1, 0.15) is 30.0 Å². The number of hydrogen-bond acceptors (Lipinski definition) is 4. The van der Waals surface area contributed by atoms with Crippen LogP contribution in [0.15, 0.2) is 22.9 Å². The lowest BCUT2D eigenvalue weighted by molar-refractivity contribution is 0.365. The van der Waals surface area contributed by atoms with E-state index in [1.807, 2.05) is 31.8 Å². The maximum Gasteiger partial charge on any atom is 0.105 e. The Labute approximate surface area is 130 Å². The second-order valence-electron chi connectivity index (χ2n) is 5.33. The molecule has 6 heteroatoms. The lowest BCUT2D eigenvalue weighted by Gasteiger charge is -2.20. The van der Waals surface area contributed by atoms with Gasteiger partial charge in [-0.25, -0.2) is 0 Å². The Morgan fingerprint density at radius 3 is 2.81 bits per heavy atom. The predicted octanol–water partition coefficient (Wildman–Crippen LogP) is 2.70. The third kappa shape index (κ3) is 3.67. The first-order chi connectivity index (χ1) is 10.0. The van der Waals surface area contributed by atoms with Crippen LogP contribution < -0.4 is 5.32 Å². The fourth-order valence-corrected chi connectivity index (χ4v) is 2.63. The van der Waals surface area contributed by atoms with E-state index in [1.165, 1.54) is 0 Å². The molecule has 0 saturated carbocycles.